The average molecular weight is 494 g/mol. The molecular formula is C26H55NO5S. The molecule has 0 aromatic rings. The number of esters is 1. The van der Waals surface area contributed by atoms with Gasteiger partial charge in [-0.1, -0.05) is 118 Å². The summed E-state index contributed by atoms with van der Waals surface area (Å²) in [4.78, 5) is 11.8. The maximum absolute atomic E-state index is 11.8. The molecule has 0 saturated carbocycles. The van der Waals surface area contributed by atoms with E-state index in [1.807, 2.05) is 13.8 Å². The van der Waals surface area contributed by atoms with Crippen LogP contribution in [-0.2, 0) is 19.6 Å². The summed E-state index contributed by atoms with van der Waals surface area (Å²) in [5.74, 6) is 0.632. The molecule has 0 rings (SSSR count). The normalized spacial score (nSPS) is 13.3. The Morgan fingerprint density at radius 1 is 0.788 bits per heavy atom. The van der Waals surface area contributed by atoms with Crippen LogP contribution in [0, 0.1) is 11.8 Å². The monoisotopic (exact) mass is 493 g/mol. The molecule has 0 saturated heterocycles. The van der Waals surface area contributed by atoms with E-state index < -0.39 is 16.2 Å². The summed E-state index contributed by atoms with van der Waals surface area (Å²) in [7, 11) is -3.66. The molecule has 0 aliphatic carbocycles. The van der Waals surface area contributed by atoms with Crippen LogP contribution in [0.4, 0.5) is 0 Å². The highest BCUT2D eigenvalue weighted by atomic mass is 32.2. The fourth-order valence-electron chi connectivity index (χ4n) is 3.35. The van der Waals surface area contributed by atoms with E-state index in [9.17, 15) is 13.2 Å². The zero-order valence-corrected chi connectivity index (χ0v) is 23.1. The van der Waals surface area contributed by atoms with Crippen LogP contribution in [-0.4, -0.2) is 37.3 Å². The van der Waals surface area contributed by atoms with Gasteiger partial charge in [0, 0.05) is 0 Å². The second-order valence-corrected chi connectivity index (χ2v) is 11.5. The number of hydrogen-bond donors (Lipinski definition) is 2. The molecule has 0 aromatic heterocycles. The molecule has 0 unspecified atom stereocenters. The van der Waals surface area contributed by atoms with Crippen LogP contribution < -0.4 is 5.73 Å². The van der Waals surface area contributed by atoms with Crippen molar-refractivity contribution in [3.63, 3.8) is 0 Å². The Morgan fingerprint density at radius 3 is 1.48 bits per heavy atom. The van der Waals surface area contributed by atoms with E-state index in [-0.39, 0.29) is 17.6 Å². The molecule has 0 fully saturated rings. The number of carbonyl (C=O) groups is 1. The van der Waals surface area contributed by atoms with E-state index in [1.165, 1.54) is 84.0 Å². The number of ether oxygens (including phenoxy) is 1. The van der Waals surface area contributed by atoms with Crippen molar-refractivity contribution in [2.24, 2.45) is 17.6 Å². The molecule has 0 spiro atoms. The predicted molar refractivity (Wildman–Crippen MR) is 140 cm³/mol. The van der Waals surface area contributed by atoms with Crippen LogP contribution in [0.15, 0.2) is 0 Å². The van der Waals surface area contributed by atoms with E-state index >= 15 is 0 Å². The van der Waals surface area contributed by atoms with E-state index in [2.05, 4.69) is 13.8 Å². The van der Waals surface area contributed by atoms with E-state index in [0.29, 0.717) is 6.61 Å². The lowest BCUT2D eigenvalue weighted by Gasteiger charge is -2.16. The molecule has 0 aliphatic rings. The lowest BCUT2D eigenvalue weighted by molar-refractivity contribution is -0.146. The van der Waals surface area contributed by atoms with Crippen LogP contribution in [0.5, 0.6) is 0 Å². The molecular weight excluding hydrogens is 438 g/mol. The highest BCUT2D eigenvalue weighted by molar-refractivity contribution is 7.85. The van der Waals surface area contributed by atoms with Crippen LogP contribution in [0.25, 0.3) is 0 Å². The second kappa shape index (κ2) is 23.1. The first-order valence-electron chi connectivity index (χ1n) is 13.4. The third-order valence-electron chi connectivity index (χ3n) is 6.06. The van der Waals surface area contributed by atoms with Gasteiger partial charge in [0.1, 0.15) is 6.04 Å². The van der Waals surface area contributed by atoms with Crippen molar-refractivity contribution in [1.82, 2.24) is 0 Å². The van der Waals surface area contributed by atoms with Gasteiger partial charge >= 0.3 is 5.97 Å². The first-order chi connectivity index (χ1) is 15.5. The molecule has 0 heterocycles. The van der Waals surface area contributed by atoms with Crippen molar-refractivity contribution in [3.8, 4) is 0 Å². The molecule has 0 aliphatic heterocycles. The maximum Gasteiger partial charge on any atom is 0.323 e. The highest BCUT2D eigenvalue weighted by Crippen LogP contribution is 2.14. The maximum atomic E-state index is 11.8. The van der Waals surface area contributed by atoms with E-state index in [0.717, 1.165) is 25.2 Å². The molecule has 3 N–H and O–H groups in total. The number of hydrogen-bond acceptors (Lipinski definition) is 5. The largest absolute Gasteiger partial charge is 0.465 e. The van der Waals surface area contributed by atoms with E-state index in [1.54, 1.807) is 0 Å². The Bertz CT molecular complexity index is 537. The molecule has 33 heavy (non-hydrogen) atoms. The minimum Gasteiger partial charge on any atom is -0.465 e. The van der Waals surface area contributed by atoms with Crippen molar-refractivity contribution in [3.05, 3.63) is 0 Å². The van der Waals surface area contributed by atoms with Crippen LogP contribution in [0.1, 0.15) is 131 Å². The Hall–Kier alpha value is -0.660. The zero-order chi connectivity index (χ0) is 25.5. The molecule has 0 radical (unpaired) electrons. The molecule has 0 aromatic carbocycles. The SMILES string of the molecule is CCS(=O)(=O)O.CC[C@H](C)[C@H](N)C(=O)OCCCCCCCCCCCCCCCC(C)C. The van der Waals surface area contributed by atoms with Gasteiger partial charge in [0.15, 0.2) is 0 Å². The number of rotatable bonds is 20. The summed E-state index contributed by atoms with van der Waals surface area (Å²) < 4.78 is 32.2. The first kappa shape index (κ1) is 34.5. The Labute approximate surface area is 205 Å². The Kier molecular flexibility index (Phi) is 24.2. The van der Waals surface area contributed by atoms with E-state index in [4.69, 9.17) is 15.0 Å². The lowest BCUT2D eigenvalue weighted by atomic mass is 10.0. The number of carbonyl (C=O) groups excluding carboxylic acids is 1. The summed E-state index contributed by atoms with van der Waals surface area (Å²) in [5.41, 5.74) is 5.87. The van der Waals surface area contributed by atoms with Crippen molar-refractivity contribution in [2.75, 3.05) is 12.4 Å². The van der Waals surface area contributed by atoms with Gasteiger partial charge in [-0.25, -0.2) is 0 Å². The minimum absolute atomic E-state index is 0.197. The van der Waals surface area contributed by atoms with Gasteiger partial charge < -0.3 is 10.5 Å². The fourth-order valence-corrected chi connectivity index (χ4v) is 3.35. The summed E-state index contributed by atoms with van der Waals surface area (Å²) >= 11 is 0. The molecule has 2 atom stereocenters. The molecule has 0 amide bonds. The highest BCUT2D eigenvalue weighted by Gasteiger charge is 2.20. The first-order valence-corrected chi connectivity index (χ1v) is 15.0. The van der Waals surface area contributed by atoms with Gasteiger partial charge in [-0.15, -0.1) is 0 Å². The summed E-state index contributed by atoms with van der Waals surface area (Å²) in [6, 6.07) is -0.463. The smallest absolute Gasteiger partial charge is 0.323 e. The zero-order valence-electron chi connectivity index (χ0n) is 22.3. The topological polar surface area (TPSA) is 107 Å². The van der Waals surface area contributed by atoms with Gasteiger partial charge in [0.05, 0.1) is 12.4 Å². The standard InChI is InChI=1S/C24H49NO2.C2H6O3S/c1-5-22(4)23(25)24(26)27-20-18-16-14-12-10-8-6-7-9-11-13-15-17-19-21(2)3;1-2-6(3,4)5/h21-23H,5-20,25H2,1-4H3;2H2,1H3,(H,3,4,5)/t22-,23-;/m0./s1. The Balaban J connectivity index is 0. The average Bonchev–Trinajstić information content (AvgIpc) is 2.77. The van der Waals surface area contributed by atoms with Gasteiger partial charge in [0.25, 0.3) is 10.1 Å². The fraction of sp³-hybridized carbons (Fsp3) is 0.962. The summed E-state index contributed by atoms with van der Waals surface area (Å²) in [6.07, 6.45) is 19.7. The molecule has 6 nitrogen and oxygen atoms in total. The molecule has 200 valence electrons. The van der Waals surface area contributed by atoms with Crippen molar-refractivity contribution < 1.29 is 22.5 Å². The minimum atomic E-state index is -3.66. The van der Waals surface area contributed by atoms with Gasteiger partial charge in [-0.3, -0.25) is 9.35 Å². The van der Waals surface area contributed by atoms with Crippen LogP contribution >= 0.6 is 0 Å². The van der Waals surface area contributed by atoms with Crippen molar-refractivity contribution >= 4 is 16.1 Å². The van der Waals surface area contributed by atoms with Crippen molar-refractivity contribution in [1.29, 1.82) is 0 Å². The third kappa shape index (κ3) is 27.5. The van der Waals surface area contributed by atoms with Gasteiger partial charge in [-0.2, -0.15) is 8.42 Å². The summed E-state index contributed by atoms with van der Waals surface area (Å²) in [6.45, 7) is 10.6. The number of unbranched alkanes of at least 4 members (excludes halogenated alkanes) is 12. The van der Waals surface area contributed by atoms with Gasteiger partial charge in [0.2, 0.25) is 0 Å². The van der Waals surface area contributed by atoms with Crippen LogP contribution in [0.3, 0.4) is 0 Å². The molecule has 0 bridgehead atoms. The molecule has 7 heteroatoms. The second-order valence-electron chi connectivity index (χ2n) is 9.73. The third-order valence-corrected chi connectivity index (χ3v) is 6.79. The van der Waals surface area contributed by atoms with Crippen molar-refractivity contribution in [2.45, 2.75) is 137 Å². The van der Waals surface area contributed by atoms with Crippen LogP contribution in [0.2, 0.25) is 0 Å². The lowest BCUT2D eigenvalue weighted by Crippen LogP contribution is -2.38. The predicted octanol–water partition coefficient (Wildman–Crippen LogP) is 6.91. The van der Waals surface area contributed by atoms with Gasteiger partial charge in [-0.05, 0) is 25.2 Å². The summed E-state index contributed by atoms with van der Waals surface area (Å²) in [5, 5.41) is 0. The number of nitrogens with two attached hydrogens (primary N) is 1. The quantitative estimate of drug-likeness (QED) is 0.108. The Morgan fingerprint density at radius 2 is 1.15 bits per heavy atom.